The van der Waals surface area contributed by atoms with Crippen molar-refractivity contribution in [1.29, 1.82) is 0 Å². The number of nitrogens with zero attached hydrogens (tertiary/aromatic N) is 3. The lowest BCUT2D eigenvalue weighted by Crippen LogP contribution is -2.45. The van der Waals surface area contributed by atoms with E-state index in [4.69, 9.17) is 0 Å². The number of fused-ring (bicyclic) bond motifs is 1. The number of thiophene rings is 1. The SMILES string of the molecule is Cc1ccccc1[C@@H]1c2ccsc2CCN1CC(=O)N1CCCN(C(=O)c2ccc(F)cc2)CC1. The van der Waals surface area contributed by atoms with Crippen molar-refractivity contribution in [2.75, 3.05) is 39.3 Å². The highest BCUT2D eigenvalue weighted by atomic mass is 32.1. The average Bonchev–Trinajstić information content (AvgIpc) is 3.20. The predicted molar refractivity (Wildman–Crippen MR) is 136 cm³/mol. The number of aryl methyl sites for hydroxylation is 1. The molecule has 3 aromatic rings. The fourth-order valence-corrected chi connectivity index (χ4v) is 6.12. The number of hydrogen-bond donors (Lipinski definition) is 0. The smallest absolute Gasteiger partial charge is 0.253 e. The van der Waals surface area contributed by atoms with Crippen LogP contribution in [0.25, 0.3) is 0 Å². The van der Waals surface area contributed by atoms with E-state index in [-0.39, 0.29) is 23.7 Å². The molecule has 0 saturated carbocycles. The molecule has 2 amide bonds. The van der Waals surface area contributed by atoms with Gasteiger partial charge in [-0.3, -0.25) is 14.5 Å². The summed E-state index contributed by atoms with van der Waals surface area (Å²) in [4.78, 5) is 33.7. The number of hydrogen-bond acceptors (Lipinski definition) is 4. The Bertz CT molecular complexity index is 1210. The topological polar surface area (TPSA) is 43.9 Å². The first-order valence-corrected chi connectivity index (χ1v) is 13.1. The number of carbonyl (C=O) groups excluding carboxylic acids is 2. The van der Waals surface area contributed by atoms with Gasteiger partial charge in [-0.05, 0) is 72.2 Å². The van der Waals surface area contributed by atoms with Crippen LogP contribution in [0.3, 0.4) is 0 Å². The summed E-state index contributed by atoms with van der Waals surface area (Å²) in [5.41, 5.74) is 4.28. The van der Waals surface area contributed by atoms with Crippen molar-refractivity contribution in [1.82, 2.24) is 14.7 Å². The molecule has 2 aromatic carbocycles. The Balaban J connectivity index is 1.28. The third kappa shape index (κ3) is 5.02. The molecule has 5 nitrogen and oxygen atoms in total. The van der Waals surface area contributed by atoms with Crippen LogP contribution in [-0.2, 0) is 11.2 Å². The maximum Gasteiger partial charge on any atom is 0.253 e. The van der Waals surface area contributed by atoms with Crippen molar-refractivity contribution in [2.24, 2.45) is 0 Å². The molecule has 0 unspecified atom stereocenters. The second kappa shape index (κ2) is 10.3. The minimum atomic E-state index is -0.356. The van der Waals surface area contributed by atoms with E-state index in [1.165, 1.54) is 45.8 Å². The minimum absolute atomic E-state index is 0.0821. The molecule has 0 spiro atoms. The van der Waals surface area contributed by atoms with Crippen LogP contribution < -0.4 is 0 Å². The first kappa shape index (κ1) is 23.7. The van der Waals surface area contributed by atoms with Gasteiger partial charge in [-0.2, -0.15) is 0 Å². The van der Waals surface area contributed by atoms with Crippen molar-refractivity contribution < 1.29 is 14.0 Å². The molecule has 2 aliphatic heterocycles. The molecule has 35 heavy (non-hydrogen) atoms. The number of amides is 2. The van der Waals surface area contributed by atoms with E-state index in [9.17, 15) is 14.0 Å². The lowest BCUT2D eigenvalue weighted by atomic mass is 9.90. The minimum Gasteiger partial charge on any atom is -0.340 e. The second-order valence-electron chi connectivity index (χ2n) is 9.31. The number of carbonyl (C=O) groups is 2. The largest absolute Gasteiger partial charge is 0.340 e. The van der Waals surface area contributed by atoms with Crippen LogP contribution in [-0.4, -0.2) is 65.8 Å². The molecule has 1 fully saturated rings. The van der Waals surface area contributed by atoms with Crippen LogP contribution in [0.4, 0.5) is 4.39 Å². The molecule has 7 heteroatoms. The normalized spacial score (nSPS) is 18.7. The van der Waals surface area contributed by atoms with E-state index in [1.807, 2.05) is 4.90 Å². The molecule has 3 heterocycles. The maximum atomic E-state index is 13.5. The molecule has 5 rings (SSSR count). The van der Waals surface area contributed by atoms with E-state index < -0.39 is 0 Å². The first-order valence-electron chi connectivity index (χ1n) is 12.2. The molecular formula is C28H30FN3O2S. The van der Waals surface area contributed by atoms with Gasteiger partial charge in [0.1, 0.15) is 5.82 Å². The summed E-state index contributed by atoms with van der Waals surface area (Å²) in [5.74, 6) is -0.358. The molecule has 1 saturated heterocycles. The Morgan fingerprint density at radius 3 is 2.46 bits per heavy atom. The van der Waals surface area contributed by atoms with Crippen LogP contribution in [0.1, 0.15) is 44.4 Å². The van der Waals surface area contributed by atoms with Gasteiger partial charge in [-0.1, -0.05) is 24.3 Å². The van der Waals surface area contributed by atoms with Crippen molar-refractivity contribution in [2.45, 2.75) is 25.8 Å². The molecule has 182 valence electrons. The van der Waals surface area contributed by atoms with Gasteiger partial charge < -0.3 is 9.80 Å². The van der Waals surface area contributed by atoms with E-state index >= 15 is 0 Å². The average molecular weight is 492 g/mol. The Hall–Kier alpha value is -3.03. The van der Waals surface area contributed by atoms with Crippen LogP contribution in [0.15, 0.2) is 60.0 Å². The Kier molecular flexibility index (Phi) is 6.97. The first-order chi connectivity index (χ1) is 17.0. The third-order valence-corrected chi connectivity index (χ3v) is 8.11. The van der Waals surface area contributed by atoms with Gasteiger partial charge in [0, 0.05) is 43.2 Å². The van der Waals surface area contributed by atoms with Crippen LogP contribution in [0.5, 0.6) is 0 Å². The molecule has 0 bridgehead atoms. The van der Waals surface area contributed by atoms with Crippen molar-refractivity contribution in [3.05, 3.63) is 92.9 Å². The fraction of sp³-hybridized carbons (Fsp3) is 0.357. The predicted octanol–water partition coefficient (Wildman–Crippen LogP) is 4.52. The fourth-order valence-electron chi connectivity index (χ4n) is 5.22. The summed E-state index contributed by atoms with van der Waals surface area (Å²) in [7, 11) is 0. The Morgan fingerprint density at radius 1 is 0.914 bits per heavy atom. The summed E-state index contributed by atoms with van der Waals surface area (Å²) in [5, 5.41) is 2.16. The molecule has 1 atom stereocenters. The summed E-state index contributed by atoms with van der Waals surface area (Å²) in [6.07, 6.45) is 1.69. The summed E-state index contributed by atoms with van der Waals surface area (Å²) < 4.78 is 13.2. The maximum absolute atomic E-state index is 13.5. The highest BCUT2D eigenvalue weighted by Gasteiger charge is 2.33. The molecule has 2 aliphatic rings. The van der Waals surface area contributed by atoms with Crippen LogP contribution in [0.2, 0.25) is 0 Å². The van der Waals surface area contributed by atoms with Crippen molar-refractivity contribution in [3.63, 3.8) is 0 Å². The second-order valence-corrected chi connectivity index (χ2v) is 10.3. The van der Waals surface area contributed by atoms with E-state index in [0.29, 0.717) is 38.3 Å². The van der Waals surface area contributed by atoms with Crippen molar-refractivity contribution in [3.8, 4) is 0 Å². The molecule has 1 aromatic heterocycles. The van der Waals surface area contributed by atoms with Crippen molar-refractivity contribution >= 4 is 23.2 Å². The standard InChI is InChI=1S/C28H30FN3O2S/c1-20-5-2-3-6-23(20)27-24-12-18-35-25(24)11-15-32(27)19-26(33)30-13-4-14-31(17-16-30)28(34)21-7-9-22(29)10-8-21/h2-3,5-10,12,18,27H,4,11,13-17,19H2,1H3/t27-/m1/s1. The number of rotatable bonds is 4. The zero-order valence-corrected chi connectivity index (χ0v) is 20.8. The third-order valence-electron chi connectivity index (χ3n) is 7.11. The van der Waals surface area contributed by atoms with Crippen LogP contribution in [0, 0.1) is 12.7 Å². The quantitative estimate of drug-likeness (QED) is 0.539. The Morgan fingerprint density at radius 2 is 1.66 bits per heavy atom. The van der Waals surface area contributed by atoms with E-state index in [2.05, 4.69) is 47.5 Å². The monoisotopic (exact) mass is 491 g/mol. The van der Waals surface area contributed by atoms with E-state index in [0.717, 1.165) is 19.4 Å². The van der Waals surface area contributed by atoms with Crippen LogP contribution >= 0.6 is 11.3 Å². The summed E-state index contributed by atoms with van der Waals surface area (Å²) in [6, 6.07) is 16.4. The van der Waals surface area contributed by atoms with Gasteiger partial charge >= 0.3 is 0 Å². The van der Waals surface area contributed by atoms with Gasteiger partial charge in [0.25, 0.3) is 5.91 Å². The van der Waals surface area contributed by atoms with Gasteiger partial charge in [-0.15, -0.1) is 11.3 Å². The number of benzene rings is 2. The molecule has 0 N–H and O–H groups in total. The zero-order valence-electron chi connectivity index (χ0n) is 20.0. The molecular weight excluding hydrogens is 461 g/mol. The lowest BCUT2D eigenvalue weighted by molar-refractivity contribution is -0.132. The van der Waals surface area contributed by atoms with Gasteiger partial charge in [0.05, 0.1) is 12.6 Å². The number of halogens is 1. The summed E-state index contributed by atoms with van der Waals surface area (Å²) >= 11 is 1.80. The van der Waals surface area contributed by atoms with Gasteiger partial charge in [0.2, 0.25) is 5.91 Å². The molecule has 0 radical (unpaired) electrons. The highest BCUT2D eigenvalue weighted by molar-refractivity contribution is 7.10. The zero-order chi connectivity index (χ0) is 24.4. The van der Waals surface area contributed by atoms with Gasteiger partial charge in [0.15, 0.2) is 0 Å². The highest BCUT2D eigenvalue weighted by Crippen LogP contribution is 2.38. The van der Waals surface area contributed by atoms with E-state index in [1.54, 1.807) is 16.2 Å². The Labute approximate surface area is 209 Å². The molecule has 0 aliphatic carbocycles. The summed E-state index contributed by atoms with van der Waals surface area (Å²) in [6.45, 7) is 5.57. The van der Waals surface area contributed by atoms with Gasteiger partial charge in [-0.25, -0.2) is 4.39 Å². The lowest BCUT2D eigenvalue weighted by Gasteiger charge is -2.37.